The molecule has 9 heteroatoms. The summed E-state index contributed by atoms with van der Waals surface area (Å²) in [5, 5.41) is 17.7. The number of ether oxygens (including phenoxy) is 1. The molecule has 0 spiro atoms. The Balaban J connectivity index is 1.91. The van der Waals surface area contributed by atoms with Crippen LogP contribution in [-0.2, 0) is 12.1 Å². The van der Waals surface area contributed by atoms with E-state index in [4.69, 9.17) is 4.74 Å². The van der Waals surface area contributed by atoms with Crippen molar-refractivity contribution in [2.75, 3.05) is 7.11 Å². The van der Waals surface area contributed by atoms with Gasteiger partial charge in [-0.15, -0.1) is 0 Å². The average molecular weight is 425 g/mol. The highest BCUT2D eigenvalue weighted by Gasteiger charge is 2.56. The highest BCUT2D eigenvalue weighted by atomic mass is 19.4. The largest absolute Gasteiger partial charge is 0.496 e. The Labute approximate surface area is 171 Å². The number of hydrogen-bond acceptors (Lipinski definition) is 4. The number of nitrogens with zero attached hydrogens (tertiary/aromatic N) is 2. The molecule has 162 valence electrons. The number of alkyl halides is 3. The van der Waals surface area contributed by atoms with Crippen LogP contribution >= 0.6 is 0 Å². The maximum Gasteiger partial charge on any atom is 0.431 e. The van der Waals surface area contributed by atoms with Crippen molar-refractivity contribution in [3.63, 3.8) is 0 Å². The second-order valence-corrected chi connectivity index (χ2v) is 7.80. The predicted molar refractivity (Wildman–Crippen MR) is 104 cm³/mol. The molecule has 1 aromatic heterocycles. The molecule has 2 N–H and O–H groups in total. The van der Waals surface area contributed by atoms with E-state index in [-0.39, 0.29) is 18.0 Å². The van der Waals surface area contributed by atoms with E-state index in [1.165, 1.54) is 37.9 Å². The lowest BCUT2D eigenvalue weighted by Gasteiger charge is -2.38. The van der Waals surface area contributed by atoms with Gasteiger partial charge >= 0.3 is 6.18 Å². The Kier molecular flexibility index (Phi) is 5.79. The highest BCUT2D eigenvalue weighted by molar-refractivity contribution is 5.78. The van der Waals surface area contributed by atoms with Crippen LogP contribution in [0.15, 0.2) is 48.7 Å². The fourth-order valence-corrected chi connectivity index (χ4v) is 3.56. The number of aliphatic hydroxyl groups is 1. The lowest BCUT2D eigenvalue weighted by Crippen LogP contribution is -2.59. The molecule has 3 rings (SSSR count). The molecule has 2 aromatic carbocycles. The SMILES string of the molecule is COc1ccc(F)cc1C(C)(C)CC(O)(NCn1ncc2ccccc21)C(F)(F)F. The molecule has 1 unspecified atom stereocenters. The first kappa shape index (κ1) is 22.0. The molecule has 0 bridgehead atoms. The maximum absolute atomic E-state index is 13.9. The Hall–Kier alpha value is -2.65. The maximum atomic E-state index is 13.9. The normalized spacial score (nSPS) is 14.7. The van der Waals surface area contributed by atoms with Gasteiger partial charge in [-0.05, 0) is 29.7 Å². The highest BCUT2D eigenvalue weighted by Crippen LogP contribution is 2.42. The number of halogens is 4. The van der Waals surface area contributed by atoms with Crippen LogP contribution < -0.4 is 10.1 Å². The van der Waals surface area contributed by atoms with Gasteiger partial charge in [0.05, 0.1) is 25.5 Å². The van der Waals surface area contributed by atoms with Crippen molar-refractivity contribution in [2.24, 2.45) is 0 Å². The van der Waals surface area contributed by atoms with Gasteiger partial charge in [-0.25, -0.2) is 4.39 Å². The van der Waals surface area contributed by atoms with Crippen molar-refractivity contribution in [3.05, 3.63) is 60.0 Å². The minimum Gasteiger partial charge on any atom is -0.496 e. The van der Waals surface area contributed by atoms with Gasteiger partial charge in [0.25, 0.3) is 0 Å². The Morgan fingerprint density at radius 1 is 1.13 bits per heavy atom. The van der Waals surface area contributed by atoms with Crippen molar-refractivity contribution in [2.45, 2.75) is 44.3 Å². The monoisotopic (exact) mass is 425 g/mol. The zero-order valence-corrected chi connectivity index (χ0v) is 16.8. The first-order chi connectivity index (χ1) is 14.0. The number of methoxy groups -OCH3 is 1. The van der Waals surface area contributed by atoms with Crippen molar-refractivity contribution in [1.29, 1.82) is 0 Å². The number of rotatable bonds is 7. The smallest absolute Gasteiger partial charge is 0.431 e. The van der Waals surface area contributed by atoms with E-state index in [0.717, 1.165) is 17.5 Å². The van der Waals surface area contributed by atoms with Gasteiger partial charge < -0.3 is 9.84 Å². The number of benzene rings is 2. The molecular formula is C21H23F4N3O2. The number of hydrogen-bond donors (Lipinski definition) is 2. The number of fused-ring (bicyclic) bond motifs is 1. The van der Waals surface area contributed by atoms with E-state index in [0.29, 0.717) is 5.52 Å². The quantitative estimate of drug-likeness (QED) is 0.437. The summed E-state index contributed by atoms with van der Waals surface area (Å²) in [4.78, 5) is 0. The van der Waals surface area contributed by atoms with Crippen molar-refractivity contribution >= 4 is 10.9 Å². The van der Waals surface area contributed by atoms with E-state index in [1.807, 2.05) is 0 Å². The van der Waals surface area contributed by atoms with Crippen molar-refractivity contribution in [3.8, 4) is 5.75 Å². The zero-order chi connectivity index (χ0) is 22.2. The van der Waals surface area contributed by atoms with Crippen LogP contribution in [0.2, 0.25) is 0 Å². The molecule has 0 amide bonds. The van der Waals surface area contributed by atoms with Gasteiger partial charge in [0.2, 0.25) is 5.72 Å². The third kappa shape index (κ3) is 4.27. The third-order valence-corrected chi connectivity index (χ3v) is 5.13. The summed E-state index contributed by atoms with van der Waals surface area (Å²) in [5.74, 6) is -0.366. The van der Waals surface area contributed by atoms with Gasteiger partial charge in [0.15, 0.2) is 0 Å². The molecule has 1 heterocycles. The molecule has 0 aliphatic carbocycles. The minimum absolute atomic E-state index is 0.221. The Morgan fingerprint density at radius 3 is 2.50 bits per heavy atom. The first-order valence-electron chi connectivity index (χ1n) is 9.25. The van der Waals surface area contributed by atoms with Crippen LogP contribution in [-0.4, -0.2) is 33.9 Å². The summed E-state index contributed by atoms with van der Waals surface area (Å²) >= 11 is 0. The van der Waals surface area contributed by atoms with Gasteiger partial charge in [0, 0.05) is 17.4 Å². The number of nitrogens with one attached hydrogen (secondary N) is 1. The first-order valence-corrected chi connectivity index (χ1v) is 9.25. The molecule has 3 aromatic rings. The Morgan fingerprint density at radius 2 is 1.83 bits per heavy atom. The molecule has 0 radical (unpaired) electrons. The van der Waals surface area contributed by atoms with Crippen LogP contribution in [0.25, 0.3) is 10.9 Å². The van der Waals surface area contributed by atoms with E-state index in [9.17, 15) is 22.7 Å². The average Bonchev–Trinajstić information content (AvgIpc) is 3.08. The molecule has 5 nitrogen and oxygen atoms in total. The molecule has 30 heavy (non-hydrogen) atoms. The summed E-state index contributed by atoms with van der Waals surface area (Å²) in [6.07, 6.45) is -4.23. The summed E-state index contributed by atoms with van der Waals surface area (Å²) in [6.45, 7) is 2.61. The van der Waals surface area contributed by atoms with E-state index < -0.39 is 29.6 Å². The summed E-state index contributed by atoms with van der Waals surface area (Å²) in [6, 6.07) is 10.7. The molecule has 0 aliphatic heterocycles. The minimum atomic E-state index is -4.99. The van der Waals surface area contributed by atoms with Crippen molar-refractivity contribution < 1.29 is 27.4 Å². The van der Waals surface area contributed by atoms with E-state index >= 15 is 0 Å². The van der Waals surface area contributed by atoms with Crippen LogP contribution in [0.5, 0.6) is 5.75 Å². The predicted octanol–water partition coefficient (Wildman–Crippen LogP) is 4.35. The van der Waals surface area contributed by atoms with Gasteiger partial charge in [-0.1, -0.05) is 32.0 Å². The molecule has 0 saturated heterocycles. The summed E-state index contributed by atoms with van der Waals surface area (Å²) in [7, 11) is 1.35. The zero-order valence-electron chi connectivity index (χ0n) is 16.8. The number of aromatic nitrogens is 2. The lowest BCUT2D eigenvalue weighted by atomic mass is 9.77. The molecule has 0 fully saturated rings. The fraction of sp³-hybridized carbons (Fsp3) is 0.381. The summed E-state index contributed by atoms with van der Waals surface area (Å²) < 4.78 is 62.0. The topological polar surface area (TPSA) is 59.3 Å². The van der Waals surface area contributed by atoms with Crippen LogP contribution in [0.3, 0.4) is 0 Å². The van der Waals surface area contributed by atoms with Gasteiger partial charge in [-0.2, -0.15) is 18.3 Å². The standard InChI is InChI=1S/C21H23F4N3O2/c1-19(2,16-10-15(22)8-9-18(16)30-3)12-20(29,21(23,24)25)26-13-28-17-7-5-4-6-14(17)11-27-28/h4-11,26,29H,12-13H2,1-3H3. The van der Waals surface area contributed by atoms with Crippen molar-refractivity contribution in [1.82, 2.24) is 15.1 Å². The second-order valence-electron chi connectivity index (χ2n) is 7.80. The Bertz CT molecular complexity index is 1030. The second kappa shape index (κ2) is 7.88. The van der Waals surface area contributed by atoms with E-state index in [2.05, 4.69) is 10.4 Å². The molecule has 0 aliphatic rings. The van der Waals surface area contributed by atoms with Gasteiger partial charge in [0.1, 0.15) is 11.6 Å². The van der Waals surface area contributed by atoms with Crippen LogP contribution in [0.4, 0.5) is 17.6 Å². The van der Waals surface area contributed by atoms with Crippen LogP contribution in [0, 0.1) is 5.82 Å². The lowest BCUT2D eigenvalue weighted by molar-refractivity contribution is -0.281. The van der Waals surface area contributed by atoms with Gasteiger partial charge in [-0.3, -0.25) is 10.00 Å². The third-order valence-electron chi connectivity index (χ3n) is 5.13. The molecule has 1 atom stereocenters. The fourth-order valence-electron chi connectivity index (χ4n) is 3.56. The molecule has 0 saturated carbocycles. The van der Waals surface area contributed by atoms with Crippen LogP contribution in [0.1, 0.15) is 25.8 Å². The molecular weight excluding hydrogens is 402 g/mol. The number of para-hydroxylation sites is 1. The van der Waals surface area contributed by atoms with E-state index in [1.54, 1.807) is 24.3 Å². The summed E-state index contributed by atoms with van der Waals surface area (Å²) in [5.41, 5.74) is -3.68.